The summed E-state index contributed by atoms with van der Waals surface area (Å²) in [6.07, 6.45) is 0.967. The molecule has 0 bridgehead atoms. The van der Waals surface area contributed by atoms with Gasteiger partial charge in [0.05, 0.1) is 25.9 Å². The number of nitrogens with zero attached hydrogens (tertiary/aromatic N) is 1. The van der Waals surface area contributed by atoms with Crippen LogP contribution in [0.5, 0.6) is 0 Å². The molecular weight excluding hydrogens is 240 g/mol. The van der Waals surface area contributed by atoms with Gasteiger partial charge in [0.1, 0.15) is 0 Å². The standard InChI is InChI=1S/C15H22N2O2/c1-3-9-17-15(12-16,13-19-11-10-18-2)14-7-5-4-6-8-14/h4-8,17H,3,9-11,13H2,1-2H3. The summed E-state index contributed by atoms with van der Waals surface area (Å²) in [5, 5.41) is 12.9. The Morgan fingerprint density at radius 2 is 2.00 bits per heavy atom. The Kier molecular flexibility index (Phi) is 7.12. The minimum absolute atomic E-state index is 0.316. The van der Waals surface area contributed by atoms with E-state index in [2.05, 4.69) is 18.3 Å². The van der Waals surface area contributed by atoms with Crippen LogP contribution in [0.3, 0.4) is 0 Å². The summed E-state index contributed by atoms with van der Waals surface area (Å²) in [6.45, 7) is 4.18. The first-order valence-corrected chi connectivity index (χ1v) is 6.57. The van der Waals surface area contributed by atoms with Crippen molar-refractivity contribution in [2.75, 3.05) is 33.5 Å². The molecule has 0 fully saturated rings. The highest BCUT2D eigenvalue weighted by Crippen LogP contribution is 2.21. The third-order valence-corrected chi connectivity index (χ3v) is 2.88. The second kappa shape index (κ2) is 8.65. The predicted molar refractivity (Wildman–Crippen MR) is 74.7 cm³/mol. The number of hydrogen-bond donors (Lipinski definition) is 1. The maximum absolute atomic E-state index is 9.59. The normalized spacial score (nSPS) is 13.7. The van der Waals surface area contributed by atoms with Crippen LogP contribution in [-0.2, 0) is 15.0 Å². The molecule has 104 valence electrons. The zero-order valence-electron chi connectivity index (χ0n) is 11.7. The smallest absolute Gasteiger partial charge is 0.155 e. The first kappa shape index (κ1) is 15.6. The number of ether oxygens (including phenoxy) is 2. The highest BCUT2D eigenvalue weighted by Gasteiger charge is 2.31. The molecule has 4 heteroatoms. The van der Waals surface area contributed by atoms with Crippen molar-refractivity contribution in [3.8, 4) is 6.07 Å². The van der Waals surface area contributed by atoms with Crippen LogP contribution in [0.25, 0.3) is 0 Å². The predicted octanol–water partition coefficient (Wildman–Crippen LogP) is 2.07. The van der Waals surface area contributed by atoms with Gasteiger partial charge in [-0.1, -0.05) is 37.3 Å². The van der Waals surface area contributed by atoms with Crippen LogP contribution in [0, 0.1) is 11.3 Å². The number of methoxy groups -OCH3 is 1. The molecule has 1 aromatic rings. The van der Waals surface area contributed by atoms with E-state index in [1.807, 2.05) is 30.3 Å². The summed E-state index contributed by atoms with van der Waals surface area (Å²) in [7, 11) is 1.63. The van der Waals surface area contributed by atoms with Gasteiger partial charge in [0.2, 0.25) is 0 Å². The summed E-state index contributed by atoms with van der Waals surface area (Å²) in [4.78, 5) is 0. The Morgan fingerprint density at radius 1 is 1.26 bits per heavy atom. The second-order valence-corrected chi connectivity index (χ2v) is 4.36. The molecule has 1 unspecified atom stereocenters. The van der Waals surface area contributed by atoms with E-state index in [9.17, 15) is 5.26 Å². The Balaban J connectivity index is 2.80. The second-order valence-electron chi connectivity index (χ2n) is 4.36. The Morgan fingerprint density at radius 3 is 2.58 bits per heavy atom. The monoisotopic (exact) mass is 262 g/mol. The van der Waals surface area contributed by atoms with E-state index in [4.69, 9.17) is 9.47 Å². The molecule has 19 heavy (non-hydrogen) atoms. The molecule has 0 saturated carbocycles. The van der Waals surface area contributed by atoms with Gasteiger partial charge in [-0.2, -0.15) is 5.26 Å². The van der Waals surface area contributed by atoms with Crippen LogP contribution in [0.4, 0.5) is 0 Å². The SMILES string of the molecule is CCCNC(C#N)(COCCOC)c1ccccc1. The molecule has 1 rings (SSSR count). The molecule has 0 aromatic heterocycles. The largest absolute Gasteiger partial charge is 0.382 e. The van der Waals surface area contributed by atoms with Gasteiger partial charge in [-0.3, -0.25) is 5.32 Å². The Labute approximate surface area is 115 Å². The molecule has 1 aromatic carbocycles. The molecular formula is C15H22N2O2. The van der Waals surface area contributed by atoms with Crippen molar-refractivity contribution in [3.63, 3.8) is 0 Å². The Hall–Kier alpha value is -1.41. The fourth-order valence-electron chi connectivity index (χ4n) is 1.80. The van der Waals surface area contributed by atoms with Gasteiger partial charge in [0, 0.05) is 7.11 Å². The third kappa shape index (κ3) is 4.64. The lowest BCUT2D eigenvalue weighted by Crippen LogP contribution is -2.45. The fraction of sp³-hybridized carbons (Fsp3) is 0.533. The topological polar surface area (TPSA) is 54.3 Å². The van der Waals surface area contributed by atoms with E-state index in [1.54, 1.807) is 7.11 Å². The highest BCUT2D eigenvalue weighted by molar-refractivity contribution is 5.31. The molecule has 1 N–H and O–H groups in total. The van der Waals surface area contributed by atoms with Crippen molar-refractivity contribution < 1.29 is 9.47 Å². The fourth-order valence-corrected chi connectivity index (χ4v) is 1.80. The van der Waals surface area contributed by atoms with Gasteiger partial charge < -0.3 is 9.47 Å². The lowest BCUT2D eigenvalue weighted by atomic mass is 9.92. The van der Waals surface area contributed by atoms with E-state index in [1.165, 1.54) is 0 Å². The molecule has 1 atom stereocenters. The van der Waals surface area contributed by atoms with Gasteiger partial charge in [-0.05, 0) is 18.5 Å². The number of nitriles is 1. The third-order valence-electron chi connectivity index (χ3n) is 2.88. The molecule has 0 radical (unpaired) electrons. The molecule has 0 aliphatic carbocycles. The van der Waals surface area contributed by atoms with Gasteiger partial charge in [-0.25, -0.2) is 0 Å². The molecule has 0 aliphatic rings. The highest BCUT2D eigenvalue weighted by atomic mass is 16.5. The molecule has 0 spiro atoms. The summed E-state index contributed by atoms with van der Waals surface area (Å²) in [5.74, 6) is 0. The summed E-state index contributed by atoms with van der Waals surface area (Å²) >= 11 is 0. The average Bonchev–Trinajstić information content (AvgIpc) is 2.48. The first-order valence-electron chi connectivity index (χ1n) is 6.57. The van der Waals surface area contributed by atoms with Crippen molar-refractivity contribution in [3.05, 3.63) is 35.9 Å². The van der Waals surface area contributed by atoms with Crippen LogP contribution in [-0.4, -0.2) is 33.5 Å². The number of nitrogens with one attached hydrogen (secondary N) is 1. The number of rotatable bonds is 9. The molecule has 0 heterocycles. The van der Waals surface area contributed by atoms with Crippen LogP contribution in [0.1, 0.15) is 18.9 Å². The maximum atomic E-state index is 9.59. The zero-order valence-corrected chi connectivity index (χ0v) is 11.7. The summed E-state index contributed by atoms with van der Waals surface area (Å²) in [6, 6.07) is 12.1. The van der Waals surface area contributed by atoms with Crippen molar-refractivity contribution in [1.29, 1.82) is 5.26 Å². The average molecular weight is 262 g/mol. The van der Waals surface area contributed by atoms with Gasteiger partial charge in [0.15, 0.2) is 5.54 Å². The molecule has 0 saturated heterocycles. The zero-order chi connectivity index (χ0) is 14.0. The van der Waals surface area contributed by atoms with Crippen LogP contribution in [0.15, 0.2) is 30.3 Å². The van der Waals surface area contributed by atoms with E-state index >= 15 is 0 Å². The minimum Gasteiger partial charge on any atom is -0.382 e. The molecule has 4 nitrogen and oxygen atoms in total. The molecule has 0 amide bonds. The van der Waals surface area contributed by atoms with Gasteiger partial charge in [-0.15, -0.1) is 0 Å². The lowest BCUT2D eigenvalue weighted by Gasteiger charge is -2.28. The minimum atomic E-state index is -0.787. The lowest BCUT2D eigenvalue weighted by molar-refractivity contribution is 0.0452. The summed E-state index contributed by atoms with van der Waals surface area (Å²) in [5.41, 5.74) is 0.147. The molecule has 0 aliphatic heterocycles. The van der Waals surface area contributed by atoms with Crippen LogP contribution >= 0.6 is 0 Å². The van der Waals surface area contributed by atoms with Crippen LogP contribution < -0.4 is 5.32 Å². The van der Waals surface area contributed by atoms with Gasteiger partial charge >= 0.3 is 0 Å². The quantitative estimate of drug-likeness (QED) is 0.692. The van der Waals surface area contributed by atoms with Gasteiger partial charge in [0.25, 0.3) is 0 Å². The summed E-state index contributed by atoms with van der Waals surface area (Å²) < 4.78 is 10.5. The maximum Gasteiger partial charge on any atom is 0.155 e. The van der Waals surface area contributed by atoms with E-state index < -0.39 is 5.54 Å². The Bertz CT molecular complexity index is 389. The van der Waals surface area contributed by atoms with Crippen LogP contribution in [0.2, 0.25) is 0 Å². The van der Waals surface area contributed by atoms with E-state index in [0.717, 1.165) is 18.5 Å². The van der Waals surface area contributed by atoms with Crippen molar-refractivity contribution in [2.24, 2.45) is 0 Å². The van der Waals surface area contributed by atoms with Crippen molar-refractivity contribution >= 4 is 0 Å². The van der Waals surface area contributed by atoms with Crippen molar-refractivity contribution in [1.82, 2.24) is 5.32 Å². The number of benzene rings is 1. The van der Waals surface area contributed by atoms with Crippen molar-refractivity contribution in [2.45, 2.75) is 18.9 Å². The first-order chi connectivity index (χ1) is 9.29. The number of hydrogen-bond acceptors (Lipinski definition) is 4. The van der Waals surface area contributed by atoms with E-state index in [0.29, 0.717) is 19.8 Å². The van der Waals surface area contributed by atoms with E-state index in [-0.39, 0.29) is 0 Å².